The first-order valence-corrected chi connectivity index (χ1v) is 8.21. The summed E-state index contributed by atoms with van der Waals surface area (Å²) in [5, 5.41) is 10.3. The third-order valence-electron chi connectivity index (χ3n) is 3.67. The first-order valence-electron chi connectivity index (χ1n) is 10.2. The second kappa shape index (κ2) is 9.94. The van der Waals surface area contributed by atoms with E-state index in [2.05, 4.69) is 0 Å². The van der Waals surface area contributed by atoms with Gasteiger partial charge in [0.2, 0.25) is 0 Å². The molecule has 2 rings (SSSR count). The van der Waals surface area contributed by atoms with E-state index >= 15 is 0 Å². The maximum absolute atomic E-state index is 10.3. The molecule has 0 aliphatic rings. The van der Waals surface area contributed by atoms with Gasteiger partial charge < -0.3 is 19.3 Å². The smallest absolute Gasteiger partial charge is 0.160 e. The Hall–Kier alpha value is -2.20. The Labute approximate surface area is 156 Å². The van der Waals surface area contributed by atoms with E-state index in [9.17, 15) is 5.11 Å². The van der Waals surface area contributed by atoms with Crippen LogP contribution in [0, 0.1) is 6.92 Å². The van der Waals surface area contributed by atoms with Crippen LogP contribution in [-0.4, -0.2) is 32.0 Å². The third kappa shape index (κ3) is 6.31. The average molecular weight is 348 g/mol. The minimum absolute atomic E-state index is 0.0286. The van der Waals surface area contributed by atoms with Gasteiger partial charge in [-0.3, -0.25) is 0 Å². The lowest BCUT2D eigenvalue weighted by atomic mass is 10.0. The van der Waals surface area contributed by atoms with Crippen molar-refractivity contribution in [2.45, 2.75) is 38.7 Å². The first kappa shape index (κ1) is 14.0. The second-order valence-corrected chi connectivity index (χ2v) is 5.71. The lowest BCUT2D eigenvalue weighted by Crippen LogP contribution is -2.17. The summed E-state index contributed by atoms with van der Waals surface area (Å²) in [6.07, 6.45) is -3.12. The van der Waals surface area contributed by atoms with Crippen LogP contribution in [0.5, 0.6) is 17.2 Å². The van der Waals surface area contributed by atoms with Crippen LogP contribution in [0.2, 0.25) is 0 Å². The fourth-order valence-electron chi connectivity index (χ4n) is 2.34. The molecule has 0 bridgehead atoms. The van der Waals surface area contributed by atoms with Gasteiger partial charge in [0, 0.05) is 2.74 Å². The quantitative estimate of drug-likeness (QED) is 0.700. The lowest BCUT2D eigenvalue weighted by molar-refractivity contribution is 0.0976. The molecule has 0 aromatic heterocycles. The van der Waals surface area contributed by atoms with E-state index in [0.29, 0.717) is 17.2 Å². The minimum Gasteiger partial charge on any atom is -0.493 e. The Balaban J connectivity index is 1.97. The predicted octanol–water partition coefficient (Wildman–Crippen LogP) is 4.16. The molecule has 1 N–H and O–H groups in total. The predicted molar refractivity (Wildman–Crippen MR) is 99.8 cm³/mol. The van der Waals surface area contributed by atoms with Crippen molar-refractivity contribution in [2.24, 2.45) is 0 Å². The Morgan fingerprint density at radius 3 is 2.60 bits per heavy atom. The van der Waals surface area contributed by atoms with Crippen LogP contribution in [0.15, 0.2) is 42.5 Å². The molecule has 0 fully saturated rings. The molecule has 1 atom stereocenters. The van der Waals surface area contributed by atoms with E-state index in [0.717, 1.165) is 11.1 Å². The number of aliphatic hydroxyl groups is 1. The Morgan fingerprint density at radius 2 is 1.88 bits per heavy atom. The summed E-state index contributed by atoms with van der Waals surface area (Å²) < 4.78 is 48.3. The van der Waals surface area contributed by atoms with Crippen LogP contribution in [0.1, 0.15) is 35.8 Å². The van der Waals surface area contributed by atoms with Gasteiger partial charge in [0.05, 0.1) is 23.1 Å². The molecule has 2 aromatic rings. The molecule has 2 aromatic carbocycles. The van der Waals surface area contributed by atoms with E-state index in [4.69, 9.17) is 19.7 Å². The molecule has 0 saturated carbocycles. The standard InChI is InChI=1S/C21H28O4/c1-16-7-6-10-19(13-16)25-15-18(22)9-5-4-8-17-11-12-20(23-2)21(14-17)24-3/h6-7,10-14,18,22H,4-5,8-9,15H2,1-3H3/i4D2,15D2. The van der Waals surface area contributed by atoms with Gasteiger partial charge in [-0.2, -0.15) is 0 Å². The summed E-state index contributed by atoms with van der Waals surface area (Å²) >= 11 is 0. The second-order valence-electron chi connectivity index (χ2n) is 5.71. The molecule has 0 aliphatic heterocycles. The van der Waals surface area contributed by atoms with Crippen molar-refractivity contribution in [1.82, 2.24) is 0 Å². The number of hydrogen-bond acceptors (Lipinski definition) is 4. The van der Waals surface area contributed by atoms with Crippen LogP contribution in [-0.2, 0) is 6.42 Å². The van der Waals surface area contributed by atoms with Crippen LogP contribution in [0.3, 0.4) is 0 Å². The van der Waals surface area contributed by atoms with E-state index in [1.807, 2.05) is 13.0 Å². The maximum Gasteiger partial charge on any atom is 0.160 e. The largest absolute Gasteiger partial charge is 0.493 e. The average Bonchev–Trinajstić information content (AvgIpc) is 2.65. The number of aryl methyl sites for hydroxylation is 2. The molecule has 0 aliphatic carbocycles. The molecule has 0 amide bonds. The SMILES string of the molecule is [2H]C([2H])(CCC(O)C([2H])([2H])Oc1cccc(C)c1)Cc1ccc(OC)c(OC)c1. The van der Waals surface area contributed by atoms with E-state index < -0.39 is 19.0 Å². The Bertz CT molecular complexity index is 811. The number of aliphatic hydroxyl groups excluding tert-OH is 1. The summed E-state index contributed by atoms with van der Waals surface area (Å²) in [5.74, 6) is 1.40. The molecule has 136 valence electrons. The monoisotopic (exact) mass is 348 g/mol. The summed E-state index contributed by atoms with van der Waals surface area (Å²) in [5.41, 5.74) is 1.64. The van der Waals surface area contributed by atoms with Gasteiger partial charge in [-0.1, -0.05) is 24.6 Å². The van der Waals surface area contributed by atoms with Crippen LogP contribution < -0.4 is 14.2 Å². The van der Waals surface area contributed by atoms with Gasteiger partial charge in [-0.05, 0) is 61.5 Å². The lowest BCUT2D eigenvalue weighted by Gasteiger charge is -2.13. The fraction of sp³-hybridized carbons (Fsp3) is 0.429. The van der Waals surface area contributed by atoms with Crippen molar-refractivity contribution in [1.29, 1.82) is 0 Å². The highest BCUT2D eigenvalue weighted by Gasteiger charge is 2.07. The highest BCUT2D eigenvalue weighted by atomic mass is 16.5. The topological polar surface area (TPSA) is 47.9 Å². The highest BCUT2D eigenvalue weighted by Crippen LogP contribution is 2.28. The Kier molecular flexibility index (Phi) is 5.58. The van der Waals surface area contributed by atoms with E-state index in [1.165, 1.54) is 14.2 Å². The van der Waals surface area contributed by atoms with Gasteiger partial charge >= 0.3 is 0 Å². The third-order valence-corrected chi connectivity index (χ3v) is 3.67. The van der Waals surface area contributed by atoms with Gasteiger partial charge in [-0.25, -0.2) is 0 Å². The van der Waals surface area contributed by atoms with Gasteiger partial charge in [0.25, 0.3) is 0 Å². The van der Waals surface area contributed by atoms with Crippen molar-refractivity contribution in [3.8, 4) is 17.2 Å². The molecule has 25 heavy (non-hydrogen) atoms. The van der Waals surface area contributed by atoms with E-state index in [-0.39, 0.29) is 19.3 Å². The molecular formula is C21H28O4. The molecule has 0 spiro atoms. The van der Waals surface area contributed by atoms with Crippen LogP contribution in [0.4, 0.5) is 0 Å². The summed E-state index contributed by atoms with van der Waals surface area (Å²) in [4.78, 5) is 0. The molecule has 0 radical (unpaired) electrons. The molecule has 4 heteroatoms. The zero-order valence-corrected chi connectivity index (χ0v) is 14.9. The summed E-state index contributed by atoms with van der Waals surface area (Å²) in [6, 6.07) is 12.1. The fourth-order valence-corrected chi connectivity index (χ4v) is 2.34. The van der Waals surface area contributed by atoms with Crippen LogP contribution >= 0.6 is 0 Å². The molecule has 0 saturated heterocycles. The van der Waals surface area contributed by atoms with Gasteiger partial charge in [0.1, 0.15) is 12.3 Å². The molecule has 0 heterocycles. The number of hydrogen-bond donors (Lipinski definition) is 1. The molecule has 4 nitrogen and oxygen atoms in total. The van der Waals surface area contributed by atoms with Crippen LogP contribution in [0.25, 0.3) is 0 Å². The first-order chi connectivity index (χ1) is 13.6. The molecular weight excluding hydrogens is 316 g/mol. The van der Waals surface area contributed by atoms with Gasteiger partial charge in [-0.15, -0.1) is 0 Å². The van der Waals surface area contributed by atoms with Crippen molar-refractivity contribution in [2.75, 3.05) is 20.8 Å². The number of ether oxygens (including phenoxy) is 3. The zero-order valence-electron chi connectivity index (χ0n) is 18.9. The zero-order chi connectivity index (χ0) is 21.7. The molecule has 1 unspecified atom stereocenters. The summed E-state index contributed by atoms with van der Waals surface area (Å²) in [7, 11) is 3.05. The maximum atomic E-state index is 10.3. The van der Waals surface area contributed by atoms with E-state index in [1.54, 1.807) is 36.4 Å². The van der Waals surface area contributed by atoms with Crippen molar-refractivity contribution < 1.29 is 24.8 Å². The summed E-state index contributed by atoms with van der Waals surface area (Å²) in [6.45, 7) is -0.464. The normalized spacial score (nSPS) is 15.4. The van der Waals surface area contributed by atoms with Gasteiger partial charge in [0.15, 0.2) is 11.5 Å². The number of rotatable bonds is 10. The van der Waals surface area contributed by atoms with Crippen molar-refractivity contribution in [3.63, 3.8) is 0 Å². The highest BCUT2D eigenvalue weighted by molar-refractivity contribution is 5.42. The minimum atomic E-state index is -2.33. The van der Waals surface area contributed by atoms with Crippen molar-refractivity contribution in [3.05, 3.63) is 53.6 Å². The number of benzene rings is 2. The Morgan fingerprint density at radius 1 is 1.08 bits per heavy atom. The number of methoxy groups -OCH3 is 2. The van der Waals surface area contributed by atoms with Crippen molar-refractivity contribution >= 4 is 0 Å².